The third-order valence-corrected chi connectivity index (χ3v) is 5.34. The van der Waals surface area contributed by atoms with E-state index in [1.807, 2.05) is 0 Å². The zero-order chi connectivity index (χ0) is 20.0. The molecule has 6 heteroatoms. The molecular formula is C20H26O6. The number of carbonyl (C=O) groups excluding carboxylic acids is 2. The van der Waals surface area contributed by atoms with Gasteiger partial charge in [0, 0.05) is 17.4 Å². The first-order valence-electron chi connectivity index (χ1n) is 8.36. The summed E-state index contributed by atoms with van der Waals surface area (Å²) in [4.78, 5) is 24.3. The van der Waals surface area contributed by atoms with Crippen molar-refractivity contribution in [3.8, 4) is 0 Å². The quantitative estimate of drug-likeness (QED) is 0.450. The van der Waals surface area contributed by atoms with Gasteiger partial charge in [0.15, 0.2) is 5.60 Å². The number of esters is 2. The van der Waals surface area contributed by atoms with E-state index in [0.29, 0.717) is 5.57 Å². The van der Waals surface area contributed by atoms with Gasteiger partial charge in [-0.25, -0.2) is 9.59 Å². The molecule has 26 heavy (non-hydrogen) atoms. The third-order valence-electron chi connectivity index (χ3n) is 5.34. The van der Waals surface area contributed by atoms with Crippen LogP contribution in [-0.2, 0) is 19.1 Å². The summed E-state index contributed by atoms with van der Waals surface area (Å²) in [6.07, 6.45) is -1.09. The van der Waals surface area contributed by atoms with E-state index in [-0.39, 0.29) is 5.57 Å². The van der Waals surface area contributed by atoms with Crippen molar-refractivity contribution in [1.29, 1.82) is 0 Å². The van der Waals surface area contributed by atoms with Gasteiger partial charge in [-0.3, -0.25) is 0 Å². The maximum Gasteiger partial charge on any atom is 0.337 e. The standard InChI is InChI=1S/C20H26O6/c1-8-19(7)14(11(4)5)16-20(24,12(6)18(23)26-16)15(22)17(19)25-13(21)9-10(2)3/h8-9,14-17,22,24H,1,4,6H2,2-3,5,7H3/t14-,15-,16-,17-,19+,20-/m0/s1. The zero-order valence-electron chi connectivity index (χ0n) is 15.6. The van der Waals surface area contributed by atoms with Gasteiger partial charge < -0.3 is 19.7 Å². The van der Waals surface area contributed by atoms with E-state index in [2.05, 4.69) is 19.7 Å². The first-order chi connectivity index (χ1) is 11.9. The number of hydrogen-bond donors (Lipinski definition) is 2. The van der Waals surface area contributed by atoms with Crippen molar-refractivity contribution in [2.45, 2.75) is 51.6 Å². The summed E-state index contributed by atoms with van der Waals surface area (Å²) in [7, 11) is 0. The van der Waals surface area contributed by atoms with E-state index in [0.717, 1.165) is 5.57 Å². The van der Waals surface area contributed by atoms with Gasteiger partial charge in [-0.1, -0.05) is 37.3 Å². The van der Waals surface area contributed by atoms with Crippen LogP contribution in [0.3, 0.4) is 0 Å². The zero-order valence-corrected chi connectivity index (χ0v) is 15.6. The Morgan fingerprint density at radius 2 is 1.92 bits per heavy atom. The molecule has 2 rings (SSSR count). The van der Waals surface area contributed by atoms with E-state index < -0.39 is 47.2 Å². The van der Waals surface area contributed by atoms with E-state index in [9.17, 15) is 19.8 Å². The van der Waals surface area contributed by atoms with E-state index in [1.54, 1.807) is 27.7 Å². The molecule has 0 bridgehead atoms. The highest BCUT2D eigenvalue weighted by Gasteiger charge is 2.70. The van der Waals surface area contributed by atoms with Crippen molar-refractivity contribution in [2.75, 3.05) is 0 Å². The van der Waals surface area contributed by atoms with Gasteiger partial charge in [0.05, 0.1) is 5.57 Å². The average Bonchev–Trinajstić information content (AvgIpc) is 2.75. The van der Waals surface area contributed by atoms with Gasteiger partial charge in [-0.05, 0) is 20.8 Å². The molecule has 0 aromatic carbocycles. The molecule has 2 fully saturated rings. The summed E-state index contributed by atoms with van der Waals surface area (Å²) in [5, 5.41) is 22.1. The smallest absolute Gasteiger partial charge is 0.337 e. The number of allylic oxidation sites excluding steroid dienone is 1. The minimum Gasteiger partial charge on any atom is -0.455 e. The second-order valence-electron chi connectivity index (χ2n) is 7.55. The molecule has 1 saturated heterocycles. The Balaban J connectivity index is 2.62. The molecule has 0 amide bonds. The predicted octanol–water partition coefficient (Wildman–Crippen LogP) is 1.84. The maximum atomic E-state index is 12.2. The van der Waals surface area contributed by atoms with Crippen molar-refractivity contribution < 1.29 is 29.3 Å². The number of carbonyl (C=O) groups is 2. The summed E-state index contributed by atoms with van der Waals surface area (Å²) in [5.41, 5.74) is -2.07. The highest BCUT2D eigenvalue weighted by atomic mass is 16.6. The topological polar surface area (TPSA) is 93.1 Å². The first-order valence-corrected chi connectivity index (χ1v) is 8.36. The summed E-state index contributed by atoms with van der Waals surface area (Å²) < 4.78 is 10.8. The Bertz CT molecular complexity index is 716. The number of hydrogen-bond acceptors (Lipinski definition) is 6. The Hall–Kier alpha value is -2.18. The lowest BCUT2D eigenvalue weighted by Crippen LogP contribution is -2.69. The highest BCUT2D eigenvalue weighted by molar-refractivity contribution is 5.93. The van der Waals surface area contributed by atoms with Gasteiger partial charge in [0.25, 0.3) is 0 Å². The van der Waals surface area contributed by atoms with E-state index >= 15 is 0 Å². The summed E-state index contributed by atoms with van der Waals surface area (Å²) in [6, 6.07) is 0. The van der Waals surface area contributed by atoms with Gasteiger partial charge in [0.2, 0.25) is 0 Å². The highest BCUT2D eigenvalue weighted by Crippen LogP contribution is 2.55. The van der Waals surface area contributed by atoms with E-state index in [1.165, 1.54) is 12.2 Å². The molecule has 142 valence electrons. The normalized spacial score (nSPS) is 38.8. The molecule has 2 aliphatic rings. The van der Waals surface area contributed by atoms with Crippen molar-refractivity contribution in [2.24, 2.45) is 11.3 Å². The monoisotopic (exact) mass is 362 g/mol. The molecule has 0 aromatic rings. The van der Waals surface area contributed by atoms with Crippen molar-refractivity contribution in [1.82, 2.24) is 0 Å². The van der Waals surface area contributed by atoms with Gasteiger partial charge in [0.1, 0.15) is 18.3 Å². The first kappa shape index (κ1) is 20.1. The Labute approximate surface area is 153 Å². The second kappa shape index (κ2) is 6.52. The van der Waals surface area contributed by atoms with Crippen LogP contribution in [-0.4, -0.2) is 46.1 Å². The van der Waals surface area contributed by atoms with Gasteiger partial charge in [-0.15, -0.1) is 6.58 Å². The van der Waals surface area contributed by atoms with Crippen LogP contribution in [0.25, 0.3) is 0 Å². The molecule has 0 spiro atoms. The molecule has 1 heterocycles. The number of aliphatic hydroxyl groups excluding tert-OH is 1. The molecule has 0 aromatic heterocycles. The van der Waals surface area contributed by atoms with Crippen LogP contribution in [0, 0.1) is 11.3 Å². The van der Waals surface area contributed by atoms with Crippen LogP contribution in [0.2, 0.25) is 0 Å². The van der Waals surface area contributed by atoms with Crippen LogP contribution in [0.4, 0.5) is 0 Å². The SMILES string of the molecule is C=C[C@@]1(C)[C@@H](OC(=O)C=C(C)C)[C@H](O)[C@@]2(O)C(=C)C(=O)O[C@H]2[C@@H]1C(=C)C. The van der Waals surface area contributed by atoms with Gasteiger partial charge >= 0.3 is 11.9 Å². The molecule has 0 radical (unpaired) electrons. The molecule has 0 unspecified atom stereocenters. The number of fused-ring (bicyclic) bond motifs is 1. The van der Waals surface area contributed by atoms with E-state index in [4.69, 9.17) is 9.47 Å². The predicted molar refractivity (Wildman–Crippen MR) is 95.9 cm³/mol. The summed E-state index contributed by atoms with van der Waals surface area (Å²) in [6.45, 7) is 18.2. The largest absolute Gasteiger partial charge is 0.455 e. The van der Waals surface area contributed by atoms with Crippen molar-refractivity contribution in [3.05, 3.63) is 48.6 Å². The fourth-order valence-electron chi connectivity index (χ4n) is 3.97. The van der Waals surface area contributed by atoms with Crippen LogP contribution in [0.5, 0.6) is 0 Å². The number of aliphatic hydroxyl groups is 2. The fraction of sp³-hybridized carbons (Fsp3) is 0.500. The lowest BCUT2D eigenvalue weighted by molar-refractivity contribution is -0.228. The maximum absolute atomic E-state index is 12.2. The van der Waals surface area contributed by atoms with Crippen molar-refractivity contribution in [3.63, 3.8) is 0 Å². The molecule has 6 atom stereocenters. The third kappa shape index (κ3) is 2.73. The number of ether oxygens (including phenoxy) is 2. The second-order valence-corrected chi connectivity index (χ2v) is 7.55. The minimum absolute atomic E-state index is 0.268. The Morgan fingerprint density at radius 1 is 1.35 bits per heavy atom. The number of rotatable bonds is 4. The van der Waals surface area contributed by atoms with Crippen LogP contribution in [0.1, 0.15) is 27.7 Å². The molecule has 1 aliphatic heterocycles. The summed E-state index contributed by atoms with van der Waals surface area (Å²) in [5.74, 6) is -2.10. The molecule has 1 saturated carbocycles. The minimum atomic E-state index is -2.08. The lowest BCUT2D eigenvalue weighted by atomic mass is 9.56. The lowest BCUT2D eigenvalue weighted by Gasteiger charge is -2.54. The van der Waals surface area contributed by atoms with Crippen molar-refractivity contribution >= 4 is 11.9 Å². The van der Waals surface area contributed by atoms with Crippen LogP contribution >= 0.6 is 0 Å². The summed E-state index contributed by atoms with van der Waals surface area (Å²) >= 11 is 0. The molecule has 6 nitrogen and oxygen atoms in total. The molecular weight excluding hydrogens is 336 g/mol. The average molecular weight is 362 g/mol. The Morgan fingerprint density at radius 3 is 2.38 bits per heavy atom. The van der Waals surface area contributed by atoms with Crippen LogP contribution in [0.15, 0.2) is 48.6 Å². The molecule has 1 aliphatic carbocycles. The fourth-order valence-corrected chi connectivity index (χ4v) is 3.97. The van der Waals surface area contributed by atoms with Crippen LogP contribution < -0.4 is 0 Å². The Kier molecular flexibility index (Phi) is 5.05. The van der Waals surface area contributed by atoms with Gasteiger partial charge in [-0.2, -0.15) is 0 Å². The molecule has 2 N–H and O–H groups in total.